The highest BCUT2D eigenvalue weighted by Crippen LogP contribution is 2.38. The van der Waals surface area contributed by atoms with Gasteiger partial charge in [-0.1, -0.05) is 122 Å². The van der Waals surface area contributed by atoms with Gasteiger partial charge in [0.2, 0.25) is 0 Å². The highest BCUT2D eigenvalue weighted by Gasteiger charge is 2.55. The van der Waals surface area contributed by atoms with Crippen molar-refractivity contribution in [2.45, 2.75) is 61.1 Å². The Labute approximate surface area is 249 Å². The minimum absolute atomic E-state index is 0.0646. The Morgan fingerprint density at radius 2 is 1.52 bits per heavy atom. The summed E-state index contributed by atoms with van der Waals surface area (Å²) >= 11 is 16.9. The monoisotopic (exact) mass is 633 g/mol. The molecule has 1 amide bonds. The van der Waals surface area contributed by atoms with Crippen molar-refractivity contribution in [1.29, 1.82) is 0 Å². The zero-order valence-corrected chi connectivity index (χ0v) is 25.8. The number of hydrogen-bond donors (Lipinski definition) is 1. The molecule has 3 rings (SSSR count). The Morgan fingerprint density at radius 1 is 1.00 bits per heavy atom. The number of esters is 1. The van der Waals surface area contributed by atoms with E-state index >= 15 is 8.78 Å². The van der Waals surface area contributed by atoms with Gasteiger partial charge < -0.3 is 19.2 Å². The van der Waals surface area contributed by atoms with Crippen LogP contribution in [0.4, 0.5) is 8.78 Å². The molecule has 0 radical (unpaired) electrons. The van der Waals surface area contributed by atoms with E-state index in [9.17, 15) is 9.59 Å². The van der Waals surface area contributed by atoms with Crippen LogP contribution in [0, 0.1) is 0 Å². The second-order valence-electron chi connectivity index (χ2n) is 10.3. The van der Waals surface area contributed by atoms with Crippen LogP contribution in [-0.4, -0.2) is 55.3 Å². The number of ether oxygens (including phenoxy) is 2. The molecule has 0 fully saturated rings. The summed E-state index contributed by atoms with van der Waals surface area (Å²) in [7, 11) is -3.01. The minimum Gasteiger partial charge on any atom is -0.461 e. The predicted molar refractivity (Wildman–Crippen MR) is 155 cm³/mol. The molecule has 0 saturated heterocycles. The van der Waals surface area contributed by atoms with Crippen LogP contribution in [0.1, 0.15) is 34.1 Å². The van der Waals surface area contributed by atoms with Gasteiger partial charge in [0, 0.05) is 5.70 Å². The quantitative estimate of drug-likeness (QED) is 0.231. The topological polar surface area (TPSA) is 73.9 Å². The van der Waals surface area contributed by atoms with E-state index < -0.39 is 47.8 Å². The number of amides is 1. The third kappa shape index (κ3) is 7.06. The summed E-state index contributed by atoms with van der Waals surface area (Å²) in [4.78, 5) is 24.5. The number of rotatable bonds is 9. The molecule has 1 heterocycles. The van der Waals surface area contributed by atoms with Gasteiger partial charge in [-0.2, -0.15) is 8.78 Å². The summed E-state index contributed by atoms with van der Waals surface area (Å²) in [6.07, 6.45) is -1.68. The molecule has 2 aromatic rings. The fourth-order valence-electron chi connectivity index (χ4n) is 4.71. The first-order valence-corrected chi connectivity index (χ1v) is 15.7. The van der Waals surface area contributed by atoms with Gasteiger partial charge in [0.05, 0.1) is 19.3 Å². The maximum atomic E-state index is 15.3. The van der Waals surface area contributed by atoms with Gasteiger partial charge in [0.25, 0.3) is 18.0 Å². The fraction of sp³-hybridized carbons (Fsp3) is 0.429. The number of hydrogen-bond acceptors (Lipinski definition) is 5. The van der Waals surface area contributed by atoms with Crippen molar-refractivity contribution in [1.82, 2.24) is 5.32 Å². The summed E-state index contributed by atoms with van der Waals surface area (Å²) in [5.74, 6) is -7.12. The Hall–Kier alpha value is -2.01. The Kier molecular flexibility index (Phi) is 10.5. The second kappa shape index (κ2) is 12.9. The van der Waals surface area contributed by atoms with Crippen molar-refractivity contribution in [3.05, 3.63) is 72.4 Å². The Morgan fingerprint density at radius 3 is 1.98 bits per heavy atom. The molecule has 0 bridgehead atoms. The van der Waals surface area contributed by atoms with Crippen LogP contribution >= 0.6 is 34.8 Å². The van der Waals surface area contributed by atoms with Crippen LogP contribution in [0.25, 0.3) is 0 Å². The van der Waals surface area contributed by atoms with E-state index in [0.717, 1.165) is 10.4 Å². The van der Waals surface area contributed by atoms with Gasteiger partial charge in [0.1, 0.15) is 0 Å². The van der Waals surface area contributed by atoms with Crippen LogP contribution in [0.2, 0.25) is 5.04 Å². The van der Waals surface area contributed by atoms with E-state index in [2.05, 4.69) is 30.8 Å². The molecular weight excluding hydrogens is 603 g/mol. The smallest absolute Gasteiger partial charge is 0.380 e. The zero-order chi connectivity index (χ0) is 29.8. The van der Waals surface area contributed by atoms with E-state index in [-0.39, 0.29) is 24.7 Å². The van der Waals surface area contributed by atoms with Crippen LogP contribution in [0.5, 0.6) is 0 Å². The zero-order valence-electron chi connectivity index (χ0n) is 22.6. The van der Waals surface area contributed by atoms with Gasteiger partial charge in [0.15, 0.2) is 6.10 Å². The van der Waals surface area contributed by atoms with Crippen LogP contribution in [0.15, 0.2) is 72.4 Å². The van der Waals surface area contributed by atoms with Crippen molar-refractivity contribution < 1.29 is 32.3 Å². The first-order chi connectivity index (χ1) is 18.6. The van der Waals surface area contributed by atoms with Crippen LogP contribution in [0.3, 0.4) is 0 Å². The van der Waals surface area contributed by atoms with Crippen LogP contribution < -0.4 is 15.7 Å². The number of carbonyl (C=O) groups excluding carboxylic acids is 2. The molecule has 2 atom stereocenters. The van der Waals surface area contributed by atoms with E-state index in [4.69, 9.17) is 44.0 Å². The molecule has 6 nitrogen and oxygen atoms in total. The SMILES string of the molecule is CCOC(=O)C(F)(F)[C@H]1O[C@H](CO[Si](c2ccccc2)(c2ccccc2)C(C)(C)C)CC=C1NC(=O)C(Cl)(Cl)Cl. The number of alkyl halides is 5. The lowest BCUT2D eigenvalue weighted by atomic mass is 10.0. The first kappa shape index (κ1) is 32.5. The molecule has 40 heavy (non-hydrogen) atoms. The van der Waals surface area contributed by atoms with Gasteiger partial charge in [-0.05, 0) is 28.8 Å². The summed E-state index contributed by atoms with van der Waals surface area (Å²) in [5.41, 5.74) is -0.406. The standard InChI is InChI=1S/C28H32Cl3F2NO5Si/c1-5-37-25(36)27(32,33)23-22(34-24(35)28(29,30)31)17-16-19(39-23)18-38-40(26(2,3)4,20-12-8-6-9-13-20)21-14-10-7-11-15-21/h6-15,17,19,23H,5,16,18H2,1-4H3,(H,34,35)/t19-,23-/m0/s1. The number of carbonyl (C=O) groups is 2. The molecule has 218 valence electrons. The molecular formula is C28H32Cl3F2NO5Si. The summed E-state index contributed by atoms with van der Waals surface area (Å²) in [6, 6.07) is 19.6. The van der Waals surface area contributed by atoms with Crippen molar-refractivity contribution in [2.75, 3.05) is 13.2 Å². The summed E-state index contributed by atoms with van der Waals surface area (Å²) in [6.45, 7) is 7.32. The van der Waals surface area contributed by atoms with E-state index in [1.54, 1.807) is 0 Å². The molecule has 0 aromatic heterocycles. The molecule has 1 aliphatic rings. The van der Waals surface area contributed by atoms with E-state index in [1.807, 2.05) is 60.7 Å². The third-order valence-corrected chi connectivity index (χ3v) is 12.0. The first-order valence-electron chi connectivity index (χ1n) is 12.7. The van der Waals surface area contributed by atoms with Crippen molar-refractivity contribution in [3.63, 3.8) is 0 Å². The lowest BCUT2D eigenvalue weighted by molar-refractivity contribution is -0.199. The lowest BCUT2D eigenvalue weighted by Gasteiger charge is -2.44. The van der Waals surface area contributed by atoms with Crippen molar-refractivity contribution >= 4 is 65.4 Å². The van der Waals surface area contributed by atoms with Crippen LogP contribution in [-0.2, 0) is 23.5 Å². The largest absolute Gasteiger partial charge is 0.461 e. The van der Waals surface area contributed by atoms with Gasteiger partial charge in [-0.15, -0.1) is 0 Å². The maximum absolute atomic E-state index is 15.3. The van der Waals surface area contributed by atoms with Gasteiger partial charge in [-0.25, -0.2) is 4.79 Å². The maximum Gasteiger partial charge on any atom is 0.380 e. The highest BCUT2D eigenvalue weighted by molar-refractivity contribution is 6.99. The molecule has 12 heteroatoms. The van der Waals surface area contributed by atoms with Crippen molar-refractivity contribution in [2.24, 2.45) is 0 Å². The number of halogens is 5. The van der Waals surface area contributed by atoms with Gasteiger partial charge in [-0.3, -0.25) is 4.79 Å². The highest BCUT2D eigenvalue weighted by atomic mass is 35.6. The Bertz CT molecular complexity index is 1160. The number of benzene rings is 2. The molecule has 1 aliphatic heterocycles. The second-order valence-corrected chi connectivity index (χ2v) is 16.9. The molecule has 0 unspecified atom stereocenters. The Balaban J connectivity index is 1.99. The average molecular weight is 635 g/mol. The molecule has 2 aromatic carbocycles. The van der Waals surface area contributed by atoms with Gasteiger partial charge >= 0.3 is 11.9 Å². The number of nitrogens with one attached hydrogen (secondary N) is 1. The normalized spacial score (nSPS) is 18.6. The molecule has 0 spiro atoms. The summed E-state index contributed by atoms with van der Waals surface area (Å²) < 4.78 is 45.4. The van der Waals surface area contributed by atoms with E-state index in [1.165, 1.54) is 13.0 Å². The fourth-order valence-corrected chi connectivity index (χ4v) is 9.44. The lowest BCUT2D eigenvalue weighted by Crippen LogP contribution is -2.67. The van der Waals surface area contributed by atoms with E-state index in [0.29, 0.717) is 0 Å². The minimum atomic E-state index is -4.15. The molecule has 0 aliphatic carbocycles. The van der Waals surface area contributed by atoms with Crippen molar-refractivity contribution in [3.8, 4) is 0 Å². The predicted octanol–water partition coefficient (Wildman–Crippen LogP) is 5.29. The average Bonchev–Trinajstić information content (AvgIpc) is 2.89. The third-order valence-electron chi connectivity index (χ3n) is 6.51. The molecule has 0 saturated carbocycles. The summed E-state index contributed by atoms with van der Waals surface area (Å²) in [5, 5.41) is 3.81. The molecule has 1 N–H and O–H groups in total.